The van der Waals surface area contributed by atoms with Gasteiger partial charge in [0.05, 0.1) is 22.8 Å². The van der Waals surface area contributed by atoms with Gasteiger partial charge in [-0.15, -0.1) is 0 Å². The molecule has 0 bridgehead atoms. The Morgan fingerprint density at radius 1 is 1.20 bits per heavy atom. The highest BCUT2D eigenvalue weighted by Crippen LogP contribution is 2.30. The van der Waals surface area contributed by atoms with E-state index in [2.05, 4.69) is 10.4 Å². The normalized spacial score (nSPS) is 11.7. The number of nitrogens with zero attached hydrogens (tertiary/aromatic N) is 3. The molecule has 6 heteroatoms. The maximum absolute atomic E-state index is 12.7. The van der Waals surface area contributed by atoms with E-state index in [-0.39, 0.29) is 18.0 Å². The smallest absolute Gasteiger partial charge is 0.252 e. The molecule has 0 saturated carbocycles. The van der Waals surface area contributed by atoms with Crippen LogP contribution in [0.1, 0.15) is 55.6 Å². The zero-order valence-electron chi connectivity index (χ0n) is 15.5. The summed E-state index contributed by atoms with van der Waals surface area (Å²) in [6.07, 6.45) is 1.72. The van der Waals surface area contributed by atoms with Crippen LogP contribution in [0.25, 0.3) is 22.3 Å². The minimum Gasteiger partial charge on any atom is -0.466 e. The third kappa shape index (κ3) is 3.16. The molecule has 3 aromatic rings. The number of pyridine rings is 1. The van der Waals surface area contributed by atoms with Gasteiger partial charge in [0.1, 0.15) is 11.5 Å². The molecule has 0 fully saturated rings. The second-order valence-corrected chi connectivity index (χ2v) is 6.93. The summed E-state index contributed by atoms with van der Waals surface area (Å²) in [4.78, 5) is 17.5. The van der Waals surface area contributed by atoms with Crippen LogP contribution in [-0.2, 0) is 0 Å². The van der Waals surface area contributed by atoms with E-state index >= 15 is 0 Å². The molecule has 0 aromatic carbocycles. The van der Waals surface area contributed by atoms with E-state index in [1.54, 1.807) is 6.20 Å². The highest BCUT2D eigenvalue weighted by molar-refractivity contribution is 6.06. The van der Waals surface area contributed by atoms with Crippen molar-refractivity contribution in [1.82, 2.24) is 20.1 Å². The molecule has 0 spiro atoms. The molecule has 132 valence electrons. The summed E-state index contributed by atoms with van der Waals surface area (Å²) in [6.45, 7) is 11.8. The van der Waals surface area contributed by atoms with Crippen LogP contribution in [0, 0.1) is 13.8 Å². The first-order chi connectivity index (χ1) is 11.8. The fraction of sp³-hybridized carbons (Fsp3) is 0.421. The van der Waals surface area contributed by atoms with Gasteiger partial charge in [0, 0.05) is 17.6 Å². The van der Waals surface area contributed by atoms with Crippen LogP contribution in [0.4, 0.5) is 0 Å². The van der Waals surface area contributed by atoms with Crippen LogP contribution in [0.3, 0.4) is 0 Å². The molecular formula is C19H24N4O2. The molecule has 1 N–H and O–H groups in total. The predicted octanol–water partition coefficient (Wildman–Crippen LogP) is 4.03. The van der Waals surface area contributed by atoms with Crippen LogP contribution in [-0.4, -0.2) is 26.7 Å². The Morgan fingerprint density at radius 3 is 2.48 bits per heavy atom. The Morgan fingerprint density at radius 2 is 1.92 bits per heavy atom. The van der Waals surface area contributed by atoms with Crippen molar-refractivity contribution in [1.29, 1.82) is 0 Å². The van der Waals surface area contributed by atoms with Crippen LogP contribution >= 0.6 is 0 Å². The zero-order chi connectivity index (χ0) is 18.3. The monoisotopic (exact) mass is 340 g/mol. The summed E-state index contributed by atoms with van der Waals surface area (Å²) in [5.41, 5.74) is 2.91. The summed E-state index contributed by atoms with van der Waals surface area (Å²) >= 11 is 0. The van der Waals surface area contributed by atoms with Crippen LogP contribution in [0.15, 0.2) is 22.7 Å². The zero-order valence-corrected chi connectivity index (χ0v) is 15.5. The van der Waals surface area contributed by atoms with E-state index in [4.69, 9.17) is 9.40 Å². The molecule has 25 heavy (non-hydrogen) atoms. The lowest BCUT2D eigenvalue weighted by Gasteiger charge is -2.12. The standard InChI is InChI=1S/C19H24N4O2/c1-10(2)21-19(24)15-8-17(14-7-12(5)25-13(14)6)22-18-16(15)9-20-23(18)11(3)4/h7-11H,1-6H3,(H,21,24). The fourth-order valence-corrected chi connectivity index (χ4v) is 2.95. The highest BCUT2D eigenvalue weighted by Gasteiger charge is 2.20. The van der Waals surface area contributed by atoms with Crippen molar-refractivity contribution in [3.63, 3.8) is 0 Å². The van der Waals surface area contributed by atoms with E-state index in [0.717, 1.165) is 28.2 Å². The number of rotatable bonds is 4. The first kappa shape index (κ1) is 17.2. The first-order valence-electron chi connectivity index (χ1n) is 8.54. The van der Waals surface area contributed by atoms with Crippen molar-refractivity contribution in [2.75, 3.05) is 0 Å². The number of aromatic nitrogens is 3. The number of hydrogen-bond donors (Lipinski definition) is 1. The number of furan rings is 1. The topological polar surface area (TPSA) is 73.0 Å². The van der Waals surface area contributed by atoms with Crippen molar-refractivity contribution in [3.8, 4) is 11.3 Å². The summed E-state index contributed by atoms with van der Waals surface area (Å²) in [6, 6.07) is 3.97. The van der Waals surface area contributed by atoms with Crippen LogP contribution < -0.4 is 5.32 Å². The minimum absolute atomic E-state index is 0.0530. The lowest BCUT2D eigenvalue weighted by molar-refractivity contribution is 0.0944. The van der Waals surface area contributed by atoms with Gasteiger partial charge < -0.3 is 9.73 Å². The van der Waals surface area contributed by atoms with Gasteiger partial charge in [-0.2, -0.15) is 5.10 Å². The minimum atomic E-state index is -0.121. The molecule has 6 nitrogen and oxygen atoms in total. The number of amides is 1. The molecule has 3 heterocycles. The molecule has 0 aliphatic rings. The SMILES string of the molecule is Cc1cc(-c2cc(C(=O)NC(C)C)c3cnn(C(C)C)c3n2)c(C)o1. The molecule has 0 aliphatic carbocycles. The fourth-order valence-electron chi connectivity index (χ4n) is 2.95. The lowest BCUT2D eigenvalue weighted by Crippen LogP contribution is -2.30. The third-order valence-corrected chi connectivity index (χ3v) is 4.04. The van der Waals surface area contributed by atoms with Crippen molar-refractivity contribution in [2.45, 2.75) is 53.6 Å². The highest BCUT2D eigenvalue weighted by atomic mass is 16.3. The first-order valence-corrected chi connectivity index (χ1v) is 8.54. The number of fused-ring (bicyclic) bond motifs is 1. The molecule has 3 rings (SSSR count). The summed E-state index contributed by atoms with van der Waals surface area (Å²) < 4.78 is 7.48. The van der Waals surface area contributed by atoms with E-state index < -0.39 is 0 Å². The summed E-state index contributed by atoms with van der Waals surface area (Å²) in [5, 5.41) is 8.15. The van der Waals surface area contributed by atoms with Gasteiger partial charge in [-0.25, -0.2) is 9.67 Å². The average molecular weight is 340 g/mol. The van der Waals surface area contributed by atoms with E-state index in [1.165, 1.54) is 0 Å². The number of aryl methyl sites for hydroxylation is 2. The van der Waals surface area contributed by atoms with Gasteiger partial charge in [0.15, 0.2) is 5.65 Å². The Kier molecular flexibility index (Phi) is 4.37. The second-order valence-electron chi connectivity index (χ2n) is 6.93. The van der Waals surface area contributed by atoms with Gasteiger partial charge in [-0.05, 0) is 53.7 Å². The summed E-state index contributed by atoms with van der Waals surface area (Å²) in [7, 11) is 0. The Hall–Kier alpha value is -2.63. The Labute approximate surface area is 147 Å². The van der Waals surface area contributed by atoms with E-state index in [9.17, 15) is 4.79 Å². The number of nitrogens with one attached hydrogen (secondary N) is 1. The van der Waals surface area contributed by atoms with Crippen LogP contribution in [0.2, 0.25) is 0 Å². The molecule has 0 atom stereocenters. The Bertz CT molecular complexity index is 934. The lowest BCUT2D eigenvalue weighted by atomic mass is 10.1. The van der Waals surface area contributed by atoms with E-state index in [0.29, 0.717) is 11.2 Å². The molecule has 0 radical (unpaired) electrons. The molecular weight excluding hydrogens is 316 g/mol. The molecule has 0 saturated heterocycles. The largest absolute Gasteiger partial charge is 0.466 e. The van der Waals surface area contributed by atoms with Crippen molar-refractivity contribution in [2.24, 2.45) is 0 Å². The molecule has 0 unspecified atom stereocenters. The maximum Gasteiger partial charge on any atom is 0.252 e. The molecule has 3 aromatic heterocycles. The van der Waals surface area contributed by atoms with Crippen molar-refractivity contribution in [3.05, 3.63) is 35.4 Å². The number of hydrogen-bond acceptors (Lipinski definition) is 4. The number of carbonyl (C=O) groups excluding carboxylic acids is 1. The summed E-state index contributed by atoms with van der Waals surface area (Å²) in [5.74, 6) is 1.49. The number of carbonyl (C=O) groups is 1. The maximum atomic E-state index is 12.7. The predicted molar refractivity (Wildman–Crippen MR) is 97.7 cm³/mol. The van der Waals surface area contributed by atoms with Gasteiger partial charge in [-0.3, -0.25) is 4.79 Å². The van der Waals surface area contributed by atoms with Gasteiger partial charge in [0.25, 0.3) is 5.91 Å². The second kappa shape index (κ2) is 6.35. The molecule has 1 amide bonds. The average Bonchev–Trinajstić information content (AvgIpc) is 3.08. The van der Waals surface area contributed by atoms with Crippen molar-refractivity contribution < 1.29 is 9.21 Å². The van der Waals surface area contributed by atoms with Gasteiger partial charge in [-0.1, -0.05) is 0 Å². The molecule has 0 aliphatic heterocycles. The van der Waals surface area contributed by atoms with E-state index in [1.807, 2.05) is 58.4 Å². The van der Waals surface area contributed by atoms with Crippen LogP contribution in [0.5, 0.6) is 0 Å². The Balaban J connectivity index is 2.26. The quantitative estimate of drug-likeness (QED) is 0.778. The van der Waals surface area contributed by atoms with Gasteiger partial charge in [0.2, 0.25) is 0 Å². The third-order valence-electron chi connectivity index (χ3n) is 4.04. The van der Waals surface area contributed by atoms with Crippen molar-refractivity contribution >= 4 is 16.9 Å². The van der Waals surface area contributed by atoms with Gasteiger partial charge >= 0.3 is 0 Å².